The molecule has 54 heavy (non-hydrogen) atoms. The second kappa shape index (κ2) is 11.9. The van der Waals surface area contributed by atoms with Crippen molar-refractivity contribution in [2.45, 2.75) is 40.0 Å². The van der Waals surface area contributed by atoms with Gasteiger partial charge >= 0.3 is 0 Å². The maximum absolute atomic E-state index is 6.85. The van der Waals surface area contributed by atoms with E-state index >= 15 is 0 Å². The highest BCUT2D eigenvalue weighted by Gasteiger charge is 2.24. The number of aromatic nitrogens is 4. The number of furan rings is 1. The third-order valence-corrected chi connectivity index (χ3v) is 10.6. The summed E-state index contributed by atoms with van der Waals surface area (Å²) >= 11 is 0. The molecule has 6 aromatic carbocycles. The Morgan fingerprint density at radius 2 is 1.31 bits per heavy atom. The zero-order valence-corrected chi connectivity index (χ0v) is 30.9. The second-order valence-corrected chi connectivity index (χ2v) is 15.2. The molecule has 0 saturated carbocycles. The van der Waals surface area contributed by atoms with Gasteiger partial charge in [0.05, 0.1) is 27.8 Å². The summed E-state index contributed by atoms with van der Waals surface area (Å²) in [5.74, 6) is 3.08. The Labute approximate surface area is 312 Å². The smallest absolute Gasteiger partial charge is 0.146 e. The summed E-state index contributed by atoms with van der Waals surface area (Å²) in [6.45, 7) is 11.0. The van der Waals surface area contributed by atoms with E-state index in [1.807, 2.05) is 36.5 Å². The van der Waals surface area contributed by atoms with Gasteiger partial charge in [-0.3, -0.25) is 9.13 Å². The number of para-hydroxylation sites is 5. The zero-order valence-electron chi connectivity index (χ0n) is 30.9. The lowest BCUT2D eigenvalue weighted by Gasteiger charge is -2.20. The molecule has 0 aliphatic rings. The summed E-state index contributed by atoms with van der Waals surface area (Å²) in [6.07, 6.45) is 1.91. The number of benzene rings is 6. The summed E-state index contributed by atoms with van der Waals surface area (Å²) in [4.78, 5) is 10.2. The number of aryl methyl sites for hydroxylation is 2. The number of hydrogen-bond acceptors (Lipinski definition) is 4. The van der Waals surface area contributed by atoms with Crippen molar-refractivity contribution in [2.24, 2.45) is 0 Å². The summed E-state index contributed by atoms with van der Waals surface area (Å²) < 4.78 is 17.9. The summed E-state index contributed by atoms with van der Waals surface area (Å²) in [7, 11) is 0. The Kier molecular flexibility index (Phi) is 7.08. The second-order valence-electron chi connectivity index (χ2n) is 15.2. The van der Waals surface area contributed by atoms with Gasteiger partial charge in [0.2, 0.25) is 0 Å². The molecule has 0 N–H and O–H groups in total. The first-order valence-corrected chi connectivity index (χ1v) is 18.4. The fourth-order valence-corrected chi connectivity index (χ4v) is 8.06. The van der Waals surface area contributed by atoms with E-state index in [2.05, 4.69) is 147 Å². The van der Waals surface area contributed by atoms with Crippen molar-refractivity contribution in [2.75, 3.05) is 0 Å². The van der Waals surface area contributed by atoms with Gasteiger partial charge in [0.1, 0.15) is 34.3 Å². The van der Waals surface area contributed by atoms with Crippen LogP contribution in [0.25, 0.3) is 77.7 Å². The van der Waals surface area contributed by atoms with Crippen molar-refractivity contribution < 1.29 is 9.15 Å². The monoisotopic (exact) mass is 702 g/mol. The summed E-state index contributed by atoms with van der Waals surface area (Å²) in [5.41, 5.74) is 11.2. The first-order chi connectivity index (χ1) is 26.2. The Morgan fingerprint density at radius 1 is 0.593 bits per heavy atom. The molecule has 0 amide bonds. The fourth-order valence-electron chi connectivity index (χ4n) is 8.06. The third kappa shape index (κ3) is 5.01. The number of ether oxygens (including phenoxy) is 1. The first kappa shape index (κ1) is 32.0. The van der Waals surface area contributed by atoms with Gasteiger partial charge < -0.3 is 9.15 Å². The number of rotatable bonds is 5. The molecule has 0 fully saturated rings. The first-order valence-electron chi connectivity index (χ1n) is 18.4. The molecule has 0 aliphatic carbocycles. The maximum atomic E-state index is 6.85. The van der Waals surface area contributed by atoms with E-state index in [0.29, 0.717) is 11.5 Å². The van der Waals surface area contributed by atoms with Crippen LogP contribution < -0.4 is 4.74 Å². The SMILES string of the molecule is Cc1cccc(C)c1-n1c(-c2cc(Oc3ccc4c5ccccc5n(-c5cc(C(C)(C)C)ccn5)c4c3)cc3oc4ccccc4c23)nc2ccccc21. The van der Waals surface area contributed by atoms with Crippen LogP contribution in [0.4, 0.5) is 0 Å². The fraction of sp³-hybridized carbons (Fsp3) is 0.125. The van der Waals surface area contributed by atoms with Crippen molar-refractivity contribution in [1.29, 1.82) is 0 Å². The van der Waals surface area contributed by atoms with Crippen LogP contribution in [0.5, 0.6) is 11.5 Å². The minimum atomic E-state index is -0.0177. The lowest BCUT2D eigenvalue weighted by molar-refractivity contribution is 0.483. The molecule has 0 atom stereocenters. The third-order valence-electron chi connectivity index (χ3n) is 10.6. The summed E-state index contributed by atoms with van der Waals surface area (Å²) in [6, 6.07) is 46.2. The molecular weight excluding hydrogens is 665 g/mol. The van der Waals surface area contributed by atoms with Crippen LogP contribution in [0.2, 0.25) is 0 Å². The van der Waals surface area contributed by atoms with Crippen LogP contribution in [-0.4, -0.2) is 19.1 Å². The van der Waals surface area contributed by atoms with E-state index in [9.17, 15) is 0 Å². The van der Waals surface area contributed by atoms with E-state index in [4.69, 9.17) is 19.1 Å². The molecular formula is C48H38N4O2. The number of pyridine rings is 1. The van der Waals surface area contributed by atoms with Gasteiger partial charge in [-0.05, 0) is 90.6 Å². The van der Waals surface area contributed by atoms with E-state index in [1.165, 1.54) is 22.1 Å². The van der Waals surface area contributed by atoms with Crippen LogP contribution in [0.15, 0.2) is 144 Å². The highest BCUT2D eigenvalue weighted by Crippen LogP contribution is 2.43. The Morgan fingerprint density at radius 3 is 2.13 bits per heavy atom. The molecule has 262 valence electrons. The predicted molar refractivity (Wildman–Crippen MR) is 221 cm³/mol. The molecule has 0 radical (unpaired) electrons. The molecule has 10 aromatic rings. The van der Waals surface area contributed by atoms with Gasteiger partial charge in [-0.15, -0.1) is 0 Å². The number of imidazole rings is 1. The molecule has 6 nitrogen and oxygen atoms in total. The van der Waals surface area contributed by atoms with E-state index < -0.39 is 0 Å². The molecule has 10 rings (SSSR count). The van der Waals surface area contributed by atoms with Gasteiger partial charge in [-0.2, -0.15) is 0 Å². The average Bonchev–Trinajstić information content (AvgIpc) is 3.84. The van der Waals surface area contributed by atoms with Gasteiger partial charge in [-0.25, -0.2) is 9.97 Å². The minimum Gasteiger partial charge on any atom is -0.457 e. The van der Waals surface area contributed by atoms with Crippen LogP contribution in [0.3, 0.4) is 0 Å². The molecule has 4 heterocycles. The van der Waals surface area contributed by atoms with Crippen LogP contribution in [0, 0.1) is 13.8 Å². The summed E-state index contributed by atoms with van der Waals surface area (Å²) in [5, 5.41) is 4.33. The standard InChI is InChI=1S/C48H38N4O2/c1-29-13-12-14-30(2)46(29)52-40-19-10-8-17-38(40)50-47(52)37-26-33(28-43-45(37)36-16-7-11-20-42(36)54-43)53-32-21-22-35-34-15-6-9-18-39(34)51(41(35)27-32)44-25-31(23-24-49-44)48(3,4)5/h6-28H,1-5H3. The predicted octanol–water partition coefficient (Wildman–Crippen LogP) is 12.8. The van der Waals surface area contributed by atoms with Gasteiger partial charge in [-0.1, -0.05) is 87.5 Å². The number of nitrogens with zero attached hydrogens (tertiary/aromatic N) is 4. The lowest BCUT2D eigenvalue weighted by Crippen LogP contribution is -2.12. The van der Waals surface area contributed by atoms with Crippen LogP contribution in [0.1, 0.15) is 37.5 Å². The molecule has 6 heteroatoms. The minimum absolute atomic E-state index is 0.0177. The van der Waals surface area contributed by atoms with Crippen LogP contribution >= 0.6 is 0 Å². The van der Waals surface area contributed by atoms with E-state index in [1.54, 1.807) is 0 Å². The molecule has 0 bridgehead atoms. The average molecular weight is 703 g/mol. The van der Waals surface area contributed by atoms with Gasteiger partial charge in [0.25, 0.3) is 0 Å². The zero-order chi connectivity index (χ0) is 36.7. The number of hydrogen-bond donors (Lipinski definition) is 0. The van der Waals surface area contributed by atoms with Crippen molar-refractivity contribution in [1.82, 2.24) is 19.1 Å². The Bertz CT molecular complexity index is 3080. The van der Waals surface area contributed by atoms with E-state index in [0.717, 1.165) is 72.3 Å². The van der Waals surface area contributed by atoms with Gasteiger partial charge in [0.15, 0.2) is 0 Å². The molecule has 0 unspecified atom stereocenters. The molecule has 4 aromatic heterocycles. The lowest BCUT2D eigenvalue weighted by atomic mass is 9.88. The largest absolute Gasteiger partial charge is 0.457 e. The van der Waals surface area contributed by atoms with Crippen LogP contribution in [-0.2, 0) is 5.41 Å². The highest BCUT2D eigenvalue weighted by atomic mass is 16.5. The van der Waals surface area contributed by atoms with E-state index in [-0.39, 0.29) is 5.41 Å². The quantitative estimate of drug-likeness (QED) is 0.179. The van der Waals surface area contributed by atoms with Crippen molar-refractivity contribution in [3.8, 4) is 34.4 Å². The normalized spacial score (nSPS) is 12.2. The highest BCUT2D eigenvalue weighted by molar-refractivity contribution is 6.13. The topological polar surface area (TPSA) is 58.0 Å². The molecule has 0 spiro atoms. The van der Waals surface area contributed by atoms with Crippen molar-refractivity contribution in [3.63, 3.8) is 0 Å². The molecule has 0 aliphatic heterocycles. The van der Waals surface area contributed by atoms with Crippen molar-refractivity contribution in [3.05, 3.63) is 156 Å². The number of fused-ring (bicyclic) bond motifs is 7. The maximum Gasteiger partial charge on any atom is 0.146 e. The Hall–Kier alpha value is -6.66. The molecule has 0 saturated heterocycles. The van der Waals surface area contributed by atoms with Crippen molar-refractivity contribution >= 4 is 54.8 Å². The van der Waals surface area contributed by atoms with Gasteiger partial charge in [0, 0.05) is 45.4 Å². The Balaban J connectivity index is 1.19.